The lowest BCUT2D eigenvalue weighted by Crippen LogP contribution is -2.47. The summed E-state index contributed by atoms with van der Waals surface area (Å²) in [6.07, 6.45) is 2.89. The van der Waals surface area contributed by atoms with Crippen LogP contribution in [-0.4, -0.2) is 62.2 Å². The first kappa shape index (κ1) is 26.4. The van der Waals surface area contributed by atoms with E-state index in [-0.39, 0.29) is 29.4 Å². The van der Waals surface area contributed by atoms with Gasteiger partial charge >= 0.3 is 0 Å². The highest BCUT2D eigenvalue weighted by molar-refractivity contribution is 14.0. The molecule has 0 saturated carbocycles. The van der Waals surface area contributed by atoms with Crippen LogP contribution in [0, 0.1) is 6.92 Å². The number of halogens is 1. The molecule has 178 valence electrons. The molecule has 7 nitrogen and oxygen atoms in total. The number of nitrogens with zero attached hydrogens (tertiary/aromatic N) is 4. The van der Waals surface area contributed by atoms with E-state index < -0.39 is 0 Å². The summed E-state index contributed by atoms with van der Waals surface area (Å²) in [5, 5.41) is 6.67. The molecule has 2 aromatic rings. The molecule has 0 radical (unpaired) electrons. The fourth-order valence-corrected chi connectivity index (χ4v) is 3.68. The third-order valence-corrected chi connectivity index (χ3v) is 5.61. The second-order valence-electron chi connectivity index (χ2n) is 9.24. The Labute approximate surface area is 210 Å². The van der Waals surface area contributed by atoms with Crippen molar-refractivity contribution in [1.82, 2.24) is 20.5 Å². The van der Waals surface area contributed by atoms with Gasteiger partial charge in [0.15, 0.2) is 5.96 Å². The maximum Gasteiger partial charge on any atom is 0.213 e. The fourth-order valence-electron chi connectivity index (χ4n) is 3.68. The number of hydrogen-bond acceptors (Lipinski definition) is 5. The molecule has 1 aromatic heterocycles. The second kappa shape index (κ2) is 12.4. The van der Waals surface area contributed by atoms with Gasteiger partial charge in [-0.3, -0.25) is 9.89 Å². The van der Waals surface area contributed by atoms with E-state index in [0.717, 1.165) is 57.4 Å². The van der Waals surface area contributed by atoms with Crippen molar-refractivity contribution in [2.24, 2.45) is 4.99 Å². The number of anilines is 1. The summed E-state index contributed by atoms with van der Waals surface area (Å²) in [6.45, 7) is 15.4. The predicted octanol–water partition coefficient (Wildman–Crippen LogP) is 3.78. The Hall–Kier alpha value is -1.81. The van der Waals surface area contributed by atoms with Gasteiger partial charge in [0.25, 0.3) is 0 Å². The van der Waals surface area contributed by atoms with E-state index in [0.29, 0.717) is 12.4 Å². The van der Waals surface area contributed by atoms with Crippen molar-refractivity contribution in [1.29, 1.82) is 0 Å². The number of oxazole rings is 1. The van der Waals surface area contributed by atoms with E-state index in [9.17, 15) is 0 Å². The smallest absolute Gasteiger partial charge is 0.213 e. The van der Waals surface area contributed by atoms with Crippen molar-refractivity contribution in [3.05, 3.63) is 47.7 Å². The van der Waals surface area contributed by atoms with Gasteiger partial charge in [-0.25, -0.2) is 4.98 Å². The normalized spacial score (nSPS) is 15.4. The monoisotopic (exact) mass is 554 g/mol. The quantitative estimate of drug-likeness (QED) is 0.235. The summed E-state index contributed by atoms with van der Waals surface area (Å²) in [6, 6.07) is 8.80. The Kier molecular flexibility index (Phi) is 10.3. The zero-order valence-corrected chi connectivity index (χ0v) is 22.5. The molecule has 0 bridgehead atoms. The van der Waals surface area contributed by atoms with E-state index in [1.54, 1.807) is 7.05 Å². The van der Waals surface area contributed by atoms with Gasteiger partial charge in [0.2, 0.25) is 5.89 Å². The third-order valence-electron chi connectivity index (χ3n) is 5.61. The highest BCUT2D eigenvalue weighted by atomic mass is 127. The molecule has 0 spiro atoms. The Morgan fingerprint density at radius 3 is 2.53 bits per heavy atom. The lowest BCUT2D eigenvalue weighted by molar-refractivity contribution is 0.255. The number of nitrogens with one attached hydrogen (secondary N) is 2. The van der Waals surface area contributed by atoms with E-state index in [1.165, 1.54) is 11.3 Å². The lowest BCUT2D eigenvalue weighted by Gasteiger charge is -2.36. The summed E-state index contributed by atoms with van der Waals surface area (Å²) in [7, 11) is 1.79. The van der Waals surface area contributed by atoms with Crippen LogP contribution in [0.25, 0.3) is 0 Å². The summed E-state index contributed by atoms with van der Waals surface area (Å²) < 4.78 is 5.83. The molecular formula is C24H39IN6O. The molecule has 3 rings (SSSR count). The molecule has 1 aliphatic heterocycles. The lowest BCUT2D eigenvalue weighted by atomic mass is 9.94. The average molecular weight is 555 g/mol. The minimum atomic E-state index is -0.0311. The van der Waals surface area contributed by atoms with Gasteiger partial charge in [0, 0.05) is 50.9 Å². The predicted molar refractivity (Wildman–Crippen MR) is 143 cm³/mol. The van der Waals surface area contributed by atoms with Crippen molar-refractivity contribution in [3.8, 4) is 0 Å². The van der Waals surface area contributed by atoms with Crippen molar-refractivity contribution >= 4 is 35.6 Å². The maximum absolute atomic E-state index is 5.83. The molecule has 0 aliphatic carbocycles. The van der Waals surface area contributed by atoms with Gasteiger partial charge < -0.3 is 20.0 Å². The molecule has 1 saturated heterocycles. The standard InChI is InChI=1S/C24H38N6O.HI/c1-19-8-6-9-20(16-19)30-14-12-29(13-15-30)11-7-10-26-23(25-5)28-18-22-27-17-21(31-22)24(2,3)4;/h6,8-9,16-17H,7,10-15,18H2,1-5H3,(H2,25,26,28);1H. The van der Waals surface area contributed by atoms with Crippen molar-refractivity contribution < 1.29 is 4.42 Å². The largest absolute Gasteiger partial charge is 0.443 e. The highest BCUT2D eigenvalue weighted by Gasteiger charge is 2.19. The third kappa shape index (κ3) is 7.95. The van der Waals surface area contributed by atoms with Crippen LogP contribution in [0.4, 0.5) is 5.69 Å². The molecule has 32 heavy (non-hydrogen) atoms. The summed E-state index contributed by atoms with van der Waals surface area (Å²) in [4.78, 5) is 13.7. The number of rotatable bonds is 7. The first-order valence-corrected chi connectivity index (χ1v) is 11.3. The fraction of sp³-hybridized carbons (Fsp3) is 0.583. The van der Waals surface area contributed by atoms with Crippen LogP contribution in [0.1, 0.15) is 44.4 Å². The van der Waals surface area contributed by atoms with Crippen LogP contribution in [-0.2, 0) is 12.0 Å². The molecule has 1 aliphatic rings. The van der Waals surface area contributed by atoms with E-state index in [1.807, 2.05) is 6.20 Å². The van der Waals surface area contributed by atoms with Gasteiger partial charge in [-0.15, -0.1) is 24.0 Å². The van der Waals surface area contributed by atoms with Crippen LogP contribution in [0.5, 0.6) is 0 Å². The molecule has 1 aromatic carbocycles. The van der Waals surface area contributed by atoms with Crippen LogP contribution in [0.2, 0.25) is 0 Å². The molecule has 2 heterocycles. The Morgan fingerprint density at radius 2 is 1.91 bits per heavy atom. The minimum Gasteiger partial charge on any atom is -0.443 e. The number of guanidine groups is 1. The van der Waals surface area contributed by atoms with E-state index >= 15 is 0 Å². The molecule has 0 amide bonds. The Morgan fingerprint density at radius 1 is 1.16 bits per heavy atom. The number of piperazine rings is 1. The molecule has 2 N–H and O–H groups in total. The number of aryl methyl sites for hydroxylation is 1. The maximum atomic E-state index is 5.83. The van der Waals surface area contributed by atoms with Gasteiger partial charge in [-0.1, -0.05) is 32.9 Å². The number of aliphatic imine (C=N–C) groups is 1. The number of benzene rings is 1. The molecule has 8 heteroatoms. The van der Waals surface area contributed by atoms with E-state index in [2.05, 4.69) is 82.4 Å². The SMILES string of the molecule is CN=C(NCCCN1CCN(c2cccc(C)c2)CC1)NCc1ncc(C(C)(C)C)o1.I. The van der Waals surface area contributed by atoms with Crippen LogP contribution >= 0.6 is 24.0 Å². The first-order valence-electron chi connectivity index (χ1n) is 11.3. The van der Waals surface area contributed by atoms with Gasteiger partial charge in [0.05, 0.1) is 12.7 Å². The second-order valence-corrected chi connectivity index (χ2v) is 9.24. The molecule has 0 atom stereocenters. The Balaban J connectivity index is 0.00000363. The topological polar surface area (TPSA) is 68.9 Å². The van der Waals surface area contributed by atoms with Crippen molar-refractivity contribution in [2.75, 3.05) is 51.2 Å². The summed E-state index contributed by atoms with van der Waals surface area (Å²) in [5.74, 6) is 2.36. The summed E-state index contributed by atoms with van der Waals surface area (Å²) >= 11 is 0. The van der Waals surface area contributed by atoms with Crippen molar-refractivity contribution in [2.45, 2.75) is 46.1 Å². The first-order chi connectivity index (χ1) is 14.8. The molecule has 0 unspecified atom stereocenters. The number of hydrogen-bond donors (Lipinski definition) is 2. The van der Waals surface area contributed by atoms with Crippen LogP contribution < -0.4 is 15.5 Å². The van der Waals surface area contributed by atoms with E-state index in [4.69, 9.17) is 4.42 Å². The highest BCUT2D eigenvalue weighted by Crippen LogP contribution is 2.22. The molecular weight excluding hydrogens is 515 g/mol. The zero-order valence-electron chi connectivity index (χ0n) is 20.1. The van der Waals surface area contributed by atoms with Crippen LogP contribution in [0.15, 0.2) is 39.9 Å². The Bertz CT molecular complexity index is 852. The van der Waals surface area contributed by atoms with Crippen LogP contribution in [0.3, 0.4) is 0 Å². The van der Waals surface area contributed by atoms with Gasteiger partial charge in [-0.2, -0.15) is 0 Å². The van der Waals surface area contributed by atoms with Crippen molar-refractivity contribution in [3.63, 3.8) is 0 Å². The van der Waals surface area contributed by atoms with Gasteiger partial charge in [-0.05, 0) is 37.6 Å². The number of aromatic nitrogens is 1. The van der Waals surface area contributed by atoms with Gasteiger partial charge in [0.1, 0.15) is 5.76 Å². The minimum absolute atomic E-state index is 0. The molecule has 1 fully saturated rings. The zero-order chi connectivity index (χ0) is 22.3. The summed E-state index contributed by atoms with van der Waals surface area (Å²) in [5.41, 5.74) is 2.64. The average Bonchev–Trinajstić information content (AvgIpc) is 3.23.